The number of benzene rings is 3. The van der Waals surface area contributed by atoms with Gasteiger partial charge in [0.25, 0.3) is 0 Å². The number of likely N-dealkylation sites (tertiary alicyclic amines) is 1. The molecule has 4 rings (SSSR count). The summed E-state index contributed by atoms with van der Waals surface area (Å²) in [5.74, 6) is -0.775. The number of amides is 2. The van der Waals surface area contributed by atoms with Gasteiger partial charge in [-0.3, -0.25) is 9.59 Å². The Morgan fingerprint density at radius 2 is 1.82 bits per heavy atom. The zero-order valence-electron chi connectivity index (χ0n) is 22.3. The second-order valence-electron chi connectivity index (χ2n) is 10.2. The number of hydrogen-bond acceptors (Lipinski definition) is 4. The smallest absolute Gasteiger partial charge is 0.392 e. The summed E-state index contributed by atoms with van der Waals surface area (Å²) < 4.78 is 41.1. The first-order chi connectivity index (χ1) is 18.9. The highest BCUT2D eigenvalue weighted by Gasteiger charge is 2.58. The molecule has 0 spiro atoms. The van der Waals surface area contributed by atoms with Crippen molar-refractivity contribution >= 4 is 46.2 Å². The van der Waals surface area contributed by atoms with Crippen molar-refractivity contribution in [1.29, 1.82) is 0 Å². The Kier molecular flexibility index (Phi) is 9.21. The van der Waals surface area contributed by atoms with Gasteiger partial charge in [0.1, 0.15) is 4.75 Å². The van der Waals surface area contributed by atoms with Crippen molar-refractivity contribution in [2.45, 2.75) is 68.2 Å². The molecule has 2 N–H and O–H groups in total. The van der Waals surface area contributed by atoms with Crippen LogP contribution in [0.4, 0.5) is 13.2 Å². The largest absolute Gasteiger partial charge is 0.416 e. The SMILES string of the molecule is Cc1ccc(S[C@]2(C(=O)NC(C)C)CC(=O)N(Cc3ccccc3C(F)(F)F)[C@@H]2c2ccc(CO)cc2I)cc1. The molecule has 0 bridgehead atoms. The highest BCUT2D eigenvalue weighted by molar-refractivity contribution is 14.1. The minimum atomic E-state index is -4.60. The molecule has 3 aromatic carbocycles. The zero-order chi connectivity index (χ0) is 29.2. The maximum atomic E-state index is 14.1. The number of hydrogen-bond donors (Lipinski definition) is 2. The van der Waals surface area contributed by atoms with Crippen LogP contribution in [0.25, 0.3) is 0 Å². The molecular formula is C30H30F3IN2O3S. The first-order valence-corrected chi connectivity index (χ1v) is 14.7. The van der Waals surface area contributed by atoms with Crippen molar-refractivity contribution in [3.63, 3.8) is 0 Å². The van der Waals surface area contributed by atoms with Gasteiger partial charge in [0.2, 0.25) is 11.8 Å². The number of nitrogens with zero attached hydrogens (tertiary/aromatic N) is 1. The third kappa shape index (κ3) is 6.33. The van der Waals surface area contributed by atoms with Crippen LogP contribution in [-0.2, 0) is 28.9 Å². The molecule has 10 heteroatoms. The number of rotatable bonds is 8. The van der Waals surface area contributed by atoms with Crippen LogP contribution < -0.4 is 5.32 Å². The van der Waals surface area contributed by atoms with Crippen LogP contribution in [0, 0.1) is 10.5 Å². The molecule has 1 heterocycles. The fourth-order valence-corrected chi connectivity index (χ4v) is 7.25. The fourth-order valence-electron chi connectivity index (χ4n) is 4.97. The third-order valence-electron chi connectivity index (χ3n) is 6.82. The van der Waals surface area contributed by atoms with E-state index >= 15 is 0 Å². The van der Waals surface area contributed by atoms with Crippen molar-refractivity contribution in [2.75, 3.05) is 0 Å². The van der Waals surface area contributed by atoms with E-state index in [1.807, 2.05) is 45.0 Å². The Morgan fingerprint density at radius 3 is 2.42 bits per heavy atom. The summed E-state index contributed by atoms with van der Waals surface area (Å²) in [6.45, 7) is 5.08. The number of carbonyl (C=O) groups is 2. The maximum absolute atomic E-state index is 14.1. The lowest BCUT2D eigenvalue weighted by molar-refractivity contribution is -0.139. The van der Waals surface area contributed by atoms with E-state index in [4.69, 9.17) is 0 Å². The van der Waals surface area contributed by atoms with Gasteiger partial charge in [-0.25, -0.2) is 0 Å². The molecule has 0 aromatic heterocycles. The van der Waals surface area contributed by atoms with Gasteiger partial charge in [0.05, 0.1) is 24.6 Å². The van der Waals surface area contributed by atoms with Crippen LogP contribution in [0.3, 0.4) is 0 Å². The number of thioether (sulfide) groups is 1. The predicted octanol–water partition coefficient (Wildman–Crippen LogP) is 6.64. The Hall–Kier alpha value is -2.57. The van der Waals surface area contributed by atoms with Gasteiger partial charge in [-0.05, 0) is 84.3 Å². The summed E-state index contributed by atoms with van der Waals surface area (Å²) in [6, 6.07) is 16.9. The average Bonchev–Trinajstić information content (AvgIpc) is 3.16. The van der Waals surface area contributed by atoms with Crippen LogP contribution in [-0.4, -0.2) is 32.6 Å². The minimum absolute atomic E-state index is 0.0456. The molecule has 1 saturated heterocycles. The second kappa shape index (κ2) is 12.1. The molecule has 1 aliphatic rings. The molecule has 5 nitrogen and oxygen atoms in total. The second-order valence-corrected chi connectivity index (χ2v) is 12.8. The van der Waals surface area contributed by atoms with E-state index in [0.717, 1.165) is 16.5 Å². The first-order valence-electron chi connectivity index (χ1n) is 12.8. The van der Waals surface area contributed by atoms with Crippen molar-refractivity contribution in [3.05, 3.63) is 98.1 Å². The number of aryl methyl sites for hydroxylation is 1. The number of aliphatic hydroxyl groups excluding tert-OH is 1. The summed E-state index contributed by atoms with van der Waals surface area (Å²) in [6.07, 6.45) is -4.80. The van der Waals surface area contributed by atoms with Gasteiger partial charge in [-0.2, -0.15) is 13.2 Å². The molecule has 1 fully saturated rings. The van der Waals surface area contributed by atoms with Crippen LogP contribution in [0.1, 0.15) is 54.1 Å². The summed E-state index contributed by atoms with van der Waals surface area (Å²) in [4.78, 5) is 30.1. The van der Waals surface area contributed by atoms with Gasteiger partial charge in [0.15, 0.2) is 0 Å². The molecule has 1 aliphatic heterocycles. The van der Waals surface area contributed by atoms with E-state index < -0.39 is 28.4 Å². The van der Waals surface area contributed by atoms with E-state index in [1.165, 1.54) is 34.9 Å². The molecule has 3 aromatic rings. The summed E-state index contributed by atoms with van der Waals surface area (Å²) in [5, 5.41) is 12.7. The van der Waals surface area contributed by atoms with E-state index in [0.29, 0.717) is 14.7 Å². The predicted molar refractivity (Wildman–Crippen MR) is 157 cm³/mol. The maximum Gasteiger partial charge on any atom is 0.416 e. The summed E-state index contributed by atoms with van der Waals surface area (Å²) >= 11 is 3.35. The topological polar surface area (TPSA) is 69.6 Å². The lowest BCUT2D eigenvalue weighted by Crippen LogP contribution is -2.50. The number of nitrogens with one attached hydrogen (secondary N) is 1. The van der Waals surface area contributed by atoms with E-state index in [1.54, 1.807) is 18.2 Å². The summed E-state index contributed by atoms with van der Waals surface area (Å²) in [5.41, 5.74) is 1.45. The van der Waals surface area contributed by atoms with Gasteiger partial charge in [-0.1, -0.05) is 48.0 Å². The fraction of sp³-hybridized carbons (Fsp3) is 0.333. The van der Waals surface area contributed by atoms with Gasteiger partial charge < -0.3 is 15.3 Å². The number of alkyl halides is 3. The van der Waals surface area contributed by atoms with Crippen LogP contribution in [0.5, 0.6) is 0 Å². The lowest BCUT2D eigenvalue weighted by atomic mass is 9.90. The third-order valence-corrected chi connectivity index (χ3v) is 9.18. The van der Waals surface area contributed by atoms with Crippen molar-refractivity contribution < 1.29 is 27.9 Å². The molecule has 212 valence electrons. The highest BCUT2D eigenvalue weighted by atomic mass is 127. The zero-order valence-corrected chi connectivity index (χ0v) is 25.2. The molecule has 0 aliphatic carbocycles. The Labute approximate surface area is 249 Å². The Morgan fingerprint density at radius 1 is 1.15 bits per heavy atom. The van der Waals surface area contributed by atoms with Crippen LogP contribution >= 0.6 is 34.4 Å². The number of aliphatic hydroxyl groups is 1. The normalized spacial score (nSPS) is 19.4. The van der Waals surface area contributed by atoms with E-state index in [2.05, 4.69) is 27.9 Å². The van der Waals surface area contributed by atoms with Crippen molar-refractivity contribution in [3.8, 4) is 0 Å². The molecule has 2 atom stereocenters. The Bertz CT molecular complexity index is 1400. The minimum Gasteiger partial charge on any atom is -0.392 e. The van der Waals surface area contributed by atoms with E-state index in [9.17, 15) is 27.9 Å². The standard InChI is InChI=1S/C30H30F3IN2O3S/c1-18(2)35-28(39)29(40-22-11-8-19(3)9-12-22)15-26(38)36(16-21-6-4-5-7-24(21)30(31,32)33)27(29)23-13-10-20(17-37)14-25(23)34/h4-14,18,27,37H,15-17H2,1-3H3,(H,35,39)/t27-,29-/m1/s1. The molecule has 2 amide bonds. The van der Waals surface area contributed by atoms with Crippen molar-refractivity contribution in [2.24, 2.45) is 0 Å². The lowest BCUT2D eigenvalue weighted by Gasteiger charge is -2.38. The monoisotopic (exact) mass is 682 g/mol. The number of carbonyl (C=O) groups excluding carboxylic acids is 2. The van der Waals surface area contributed by atoms with Crippen molar-refractivity contribution in [1.82, 2.24) is 10.2 Å². The van der Waals surface area contributed by atoms with Crippen LogP contribution in [0.2, 0.25) is 0 Å². The molecular weight excluding hydrogens is 652 g/mol. The van der Waals surface area contributed by atoms with Gasteiger partial charge in [-0.15, -0.1) is 11.8 Å². The summed E-state index contributed by atoms with van der Waals surface area (Å²) in [7, 11) is 0. The molecule has 40 heavy (non-hydrogen) atoms. The average molecular weight is 683 g/mol. The van der Waals surface area contributed by atoms with Gasteiger partial charge >= 0.3 is 6.18 Å². The van der Waals surface area contributed by atoms with Crippen LogP contribution in [0.15, 0.2) is 71.6 Å². The molecule has 0 saturated carbocycles. The highest BCUT2D eigenvalue weighted by Crippen LogP contribution is 2.54. The number of halogens is 4. The first kappa shape index (κ1) is 30.4. The van der Waals surface area contributed by atoms with Gasteiger partial charge in [0, 0.05) is 21.1 Å². The van der Waals surface area contributed by atoms with E-state index in [-0.39, 0.29) is 37.1 Å². The quantitative estimate of drug-likeness (QED) is 0.262. The molecule has 0 unspecified atom stereocenters. The molecule has 0 radical (unpaired) electrons. The Balaban J connectivity index is 1.92.